The summed E-state index contributed by atoms with van der Waals surface area (Å²) in [5.41, 5.74) is 1.49. The molecule has 6 nitrogen and oxygen atoms in total. The number of terminal acetylenes is 1. The first-order chi connectivity index (χ1) is 14.0. The van der Waals surface area contributed by atoms with E-state index in [0.717, 1.165) is 11.3 Å². The number of carbonyl (C=O) groups excluding carboxylic acids is 1. The van der Waals surface area contributed by atoms with Crippen molar-refractivity contribution in [3.63, 3.8) is 0 Å². The Morgan fingerprint density at radius 2 is 2.00 bits per heavy atom. The molecule has 1 aliphatic rings. The van der Waals surface area contributed by atoms with Crippen LogP contribution in [0.3, 0.4) is 0 Å². The molecule has 2 aromatic carbocycles. The summed E-state index contributed by atoms with van der Waals surface area (Å²) in [6.07, 6.45) is 7.01. The second-order valence-electron chi connectivity index (χ2n) is 5.71. The van der Waals surface area contributed by atoms with Crippen LogP contribution < -0.4 is 19.5 Å². The number of ether oxygens (including phenoxy) is 3. The molecule has 8 heteroatoms. The average molecular weight is 473 g/mol. The Balaban J connectivity index is 1.83. The lowest BCUT2D eigenvalue weighted by Gasteiger charge is -2.12. The van der Waals surface area contributed by atoms with Crippen LogP contribution in [-0.2, 0) is 4.79 Å². The van der Waals surface area contributed by atoms with Crippen molar-refractivity contribution in [1.82, 2.24) is 5.32 Å². The van der Waals surface area contributed by atoms with E-state index in [0.29, 0.717) is 31.7 Å². The quantitative estimate of drug-likeness (QED) is 0.499. The molecule has 2 aromatic rings. The third kappa shape index (κ3) is 5.13. The van der Waals surface area contributed by atoms with E-state index >= 15 is 0 Å². The number of hydrogen-bond donors (Lipinski definition) is 1. The second-order valence-corrected chi connectivity index (χ2v) is 7.59. The Morgan fingerprint density at radius 3 is 2.66 bits per heavy atom. The first-order valence-corrected chi connectivity index (χ1v) is 10.0. The van der Waals surface area contributed by atoms with Crippen molar-refractivity contribution in [3.05, 3.63) is 51.3 Å². The second kappa shape index (κ2) is 9.54. The Hall–Kier alpha value is -2.89. The maximum Gasteiger partial charge on any atom is 0.264 e. The zero-order valence-electron chi connectivity index (χ0n) is 15.7. The van der Waals surface area contributed by atoms with Crippen molar-refractivity contribution in [3.8, 4) is 29.6 Å². The first kappa shape index (κ1) is 20.8. The zero-order valence-corrected chi connectivity index (χ0v) is 18.1. The summed E-state index contributed by atoms with van der Waals surface area (Å²) in [7, 11) is 3.14. The summed E-state index contributed by atoms with van der Waals surface area (Å²) >= 11 is 4.72. The molecule has 1 N–H and O–H groups in total. The predicted octanol–water partition coefficient (Wildman–Crippen LogP) is 4.37. The van der Waals surface area contributed by atoms with Gasteiger partial charge in [0.2, 0.25) is 0 Å². The van der Waals surface area contributed by atoms with Crippen LogP contribution in [-0.4, -0.2) is 31.9 Å². The molecule has 1 amide bonds. The maximum absolute atomic E-state index is 12.3. The summed E-state index contributed by atoms with van der Waals surface area (Å²) in [4.78, 5) is 17.3. The molecule has 0 aliphatic carbocycles. The number of amides is 1. The average Bonchev–Trinajstić information content (AvgIpc) is 3.06. The lowest BCUT2D eigenvalue weighted by Crippen LogP contribution is -2.19. The smallest absolute Gasteiger partial charge is 0.264 e. The summed E-state index contributed by atoms with van der Waals surface area (Å²) in [6, 6.07) is 10.9. The molecule has 1 heterocycles. The fourth-order valence-electron chi connectivity index (χ4n) is 2.48. The summed E-state index contributed by atoms with van der Waals surface area (Å²) in [5.74, 6) is 3.97. The largest absolute Gasteiger partial charge is 0.497 e. The summed E-state index contributed by atoms with van der Waals surface area (Å²) in [5, 5.41) is 3.27. The molecule has 1 fully saturated rings. The van der Waals surface area contributed by atoms with E-state index in [1.54, 1.807) is 19.3 Å². The standard InChI is InChI=1S/C21H17BrN2O4S/c1-4-9-28-19-16(22)10-13(11-17(19)27-3)12-18-20(25)24-21(29-18)23-14-5-7-15(26-2)8-6-14/h1,5-8,10-12H,9H2,2-3H3,(H,23,24,25)/b18-12-. The van der Waals surface area contributed by atoms with Gasteiger partial charge >= 0.3 is 0 Å². The van der Waals surface area contributed by atoms with Crippen LogP contribution in [0.15, 0.2) is 50.8 Å². The van der Waals surface area contributed by atoms with Crippen LogP contribution in [0.4, 0.5) is 5.69 Å². The van der Waals surface area contributed by atoms with E-state index in [9.17, 15) is 4.79 Å². The van der Waals surface area contributed by atoms with Crippen LogP contribution in [0.5, 0.6) is 17.2 Å². The number of methoxy groups -OCH3 is 2. The van der Waals surface area contributed by atoms with Gasteiger partial charge in [-0.2, -0.15) is 0 Å². The van der Waals surface area contributed by atoms with Gasteiger partial charge in [-0.25, -0.2) is 4.99 Å². The van der Waals surface area contributed by atoms with E-state index in [2.05, 4.69) is 32.2 Å². The minimum Gasteiger partial charge on any atom is -0.497 e. The zero-order chi connectivity index (χ0) is 20.8. The van der Waals surface area contributed by atoms with E-state index in [4.69, 9.17) is 20.6 Å². The molecule has 3 rings (SSSR count). The lowest BCUT2D eigenvalue weighted by atomic mass is 10.2. The Morgan fingerprint density at radius 1 is 1.24 bits per heavy atom. The molecule has 148 valence electrons. The van der Waals surface area contributed by atoms with Crippen molar-refractivity contribution in [2.75, 3.05) is 20.8 Å². The molecular weight excluding hydrogens is 456 g/mol. The van der Waals surface area contributed by atoms with Gasteiger partial charge in [0.25, 0.3) is 5.91 Å². The van der Waals surface area contributed by atoms with E-state index in [1.165, 1.54) is 18.9 Å². The minimum atomic E-state index is -0.218. The lowest BCUT2D eigenvalue weighted by molar-refractivity contribution is -0.115. The van der Waals surface area contributed by atoms with Crippen LogP contribution in [0, 0.1) is 12.3 Å². The molecule has 0 saturated carbocycles. The minimum absolute atomic E-state index is 0.124. The van der Waals surface area contributed by atoms with Gasteiger partial charge in [-0.05, 0) is 75.7 Å². The summed E-state index contributed by atoms with van der Waals surface area (Å²) in [6.45, 7) is 0.124. The molecule has 0 atom stereocenters. The molecule has 0 unspecified atom stereocenters. The van der Waals surface area contributed by atoms with Crippen molar-refractivity contribution in [1.29, 1.82) is 0 Å². The molecule has 1 saturated heterocycles. The van der Waals surface area contributed by atoms with Crippen LogP contribution in [0.2, 0.25) is 0 Å². The third-order valence-electron chi connectivity index (χ3n) is 3.80. The SMILES string of the molecule is C#CCOc1c(Br)cc(/C=C2\SC(=Nc3ccc(OC)cc3)NC2=O)cc1OC. The molecule has 0 aromatic heterocycles. The molecule has 1 aliphatic heterocycles. The van der Waals surface area contributed by atoms with Gasteiger partial charge in [0, 0.05) is 0 Å². The van der Waals surface area contributed by atoms with Crippen molar-refractivity contribution >= 4 is 50.5 Å². The molecule has 29 heavy (non-hydrogen) atoms. The van der Waals surface area contributed by atoms with Gasteiger partial charge in [0.05, 0.1) is 29.3 Å². The molecule has 0 radical (unpaired) electrons. The Labute approximate surface area is 181 Å². The van der Waals surface area contributed by atoms with Gasteiger partial charge < -0.3 is 19.5 Å². The molecule has 0 spiro atoms. The first-order valence-electron chi connectivity index (χ1n) is 8.41. The fraction of sp³-hybridized carbons (Fsp3) is 0.143. The number of aliphatic imine (C=N–C) groups is 1. The van der Waals surface area contributed by atoms with Gasteiger partial charge in [0.1, 0.15) is 12.4 Å². The van der Waals surface area contributed by atoms with E-state index < -0.39 is 0 Å². The Kier molecular flexibility index (Phi) is 6.86. The van der Waals surface area contributed by atoms with Crippen molar-refractivity contribution < 1.29 is 19.0 Å². The Bertz CT molecular complexity index is 1030. The van der Waals surface area contributed by atoms with Crippen molar-refractivity contribution in [2.45, 2.75) is 0 Å². The molecule has 0 bridgehead atoms. The topological polar surface area (TPSA) is 69.2 Å². The van der Waals surface area contributed by atoms with Gasteiger partial charge in [0.15, 0.2) is 16.7 Å². The van der Waals surface area contributed by atoms with Gasteiger partial charge in [-0.15, -0.1) is 6.42 Å². The molecular formula is C21H17BrN2O4S. The van der Waals surface area contributed by atoms with Gasteiger partial charge in [-0.3, -0.25) is 4.79 Å². The van der Waals surface area contributed by atoms with Crippen LogP contribution in [0.25, 0.3) is 6.08 Å². The number of nitrogens with one attached hydrogen (secondary N) is 1. The highest BCUT2D eigenvalue weighted by molar-refractivity contribution is 9.10. The van der Waals surface area contributed by atoms with E-state index in [-0.39, 0.29) is 12.5 Å². The number of halogens is 1. The highest BCUT2D eigenvalue weighted by atomic mass is 79.9. The number of amidine groups is 1. The highest BCUT2D eigenvalue weighted by Crippen LogP contribution is 2.38. The number of rotatable bonds is 6. The third-order valence-corrected chi connectivity index (χ3v) is 5.30. The normalized spacial score (nSPS) is 15.9. The number of carbonyl (C=O) groups is 1. The summed E-state index contributed by atoms with van der Waals surface area (Å²) < 4.78 is 16.7. The maximum atomic E-state index is 12.3. The predicted molar refractivity (Wildman–Crippen MR) is 119 cm³/mol. The fourth-order valence-corrected chi connectivity index (χ4v) is 3.90. The van der Waals surface area contributed by atoms with Crippen LogP contribution >= 0.6 is 27.7 Å². The van der Waals surface area contributed by atoms with E-state index in [1.807, 2.05) is 30.3 Å². The monoisotopic (exact) mass is 472 g/mol. The highest BCUT2D eigenvalue weighted by Gasteiger charge is 2.24. The van der Waals surface area contributed by atoms with Crippen molar-refractivity contribution in [2.24, 2.45) is 4.99 Å². The number of benzene rings is 2. The van der Waals surface area contributed by atoms with Crippen LogP contribution in [0.1, 0.15) is 5.56 Å². The number of nitrogens with zero attached hydrogens (tertiary/aromatic N) is 1. The number of hydrogen-bond acceptors (Lipinski definition) is 6. The van der Waals surface area contributed by atoms with Gasteiger partial charge in [-0.1, -0.05) is 5.92 Å². The number of thioether (sulfide) groups is 1.